The minimum Gasteiger partial charge on any atom is -0.354 e. The molecule has 1 heterocycles. The van der Waals surface area contributed by atoms with Crippen molar-refractivity contribution in [3.8, 4) is 0 Å². The van der Waals surface area contributed by atoms with Gasteiger partial charge in [0.05, 0.1) is 11.3 Å². The zero-order valence-corrected chi connectivity index (χ0v) is 17.0. The highest BCUT2D eigenvalue weighted by molar-refractivity contribution is 6.37. The van der Waals surface area contributed by atoms with Crippen molar-refractivity contribution in [2.75, 3.05) is 24.7 Å². The van der Waals surface area contributed by atoms with Crippen LogP contribution in [0.3, 0.4) is 0 Å². The second-order valence-corrected chi connectivity index (χ2v) is 7.68. The van der Waals surface area contributed by atoms with Crippen LogP contribution in [-0.4, -0.2) is 24.9 Å². The second-order valence-electron chi connectivity index (χ2n) is 7.68. The van der Waals surface area contributed by atoms with Crippen LogP contribution in [0.25, 0.3) is 11.3 Å². The molecule has 0 unspecified atom stereocenters. The molecule has 0 saturated heterocycles. The molecular weight excluding hydrogens is 358 g/mol. The van der Waals surface area contributed by atoms with E-state index in [0.717, 1.165) is 34.7 Å². The minimum atomic E-state index is -0.0847. The summed E-state index contributed by atoms with van der Waals surface area (Å²) in [6.07, 6.45) is 0. The van der Waals surface area contributed by atoms with E-state index in [1.807, 2.05) is 24.3 Å². The third kappa shape index (κ3) is 4.08. The van der Waals surface area contributed by atoms with Crippen LogP contribution in [0.4, 0.5) is 11.4 Å². The molecule has 0 fully saturated rings. The number of carbonyl (C=O) groups excluding carboxylic acids is 1. The zero-order valence-electron chi connectivity index (χ0n) is 17.0. The number of fused-ring (bicyclic) bond motifs is 1. The number of benzene rings is 3. The van der Waals surface area contributed by atoms with Crippen LogP contribution < -0.4 is 10.6 Å². The molecule has 0 saturated carbocycles. The van der Waals surface area contributed by atoms with Gasteiger partial charge < -0.3 is 15.5 Å². The predicted octanol–water partition coefficient (Wildman–Crippen LogP) is 4.99. The van der Waals surface area contributed by atoms with E-state index in [-0.39, 0.29) is 5.91 Å². The molecule has 2 N–H and O–H groups in total. The molecule has 0 atom stereocenters. The Morgan fingerprint density at radius 3 is 2.31 bits per heavy atom. The zero-order chi connectivity index (χ0) is 20.4. The van der Waals surface area contributed by atoms with Gasteiger partial charge in [0.2, 0.25) is 0 Å². The fraction of sp³-hybridized carbons (Fsp3) is 0.160. The molecule has 0 radical (unpaired) electrons. The number of hydrogen-bond acceptors (Lipinski definition) is 3. The van der Waals surface area contributed by atoms with Crippen LogP contribution >= 0.6 is 0 Å². The van der Waals surface area contributed by atoms with Crippen LogP contribution in [0.1, 0.15) is 22.3 Å². The number of rotatable bonds is 5. The molecule has 146 valence electrons. The summed E-state index contributed by atoms with van der Waals surface area (Å²) in [5.41, 5.74) is 7.61. The summed E-state index contributed by atoms with van der Waals surface area (Å²) in [6.45, 7) is 2.95. The normalized spacial score (nSPS) is 14.6. The van der Waals surface area contributed by atoms with Crippen molar-refractivity contribution in [3.63, 3.8) is 0 Å². The smallest absolute Gasteiger partial charge is 0.258 e. The summed E-state index contributed by atoms with van der Waals surface area (Å²) in [5.74, 6) is -0.0847. The second kappa shape index (κ2) is 7.94. The van der Waals surface area contributed by atoms with E-state index >= 15 is 0 Å². The molecule has 4 nitrogen and oxygen atoms in total. The quantitative estimate of drug-likeness (QED) is 0.610. The highest BCUT2D eigenvalue weighted by atomic mass is 16.2. The average Bonchev–Trinajstić information content (AvgIpc) is 3.03. The maximum atomic E-state index is 12.9. The first-order valence-electron chi connectivity index (χ1n) is 9.74. The lowest BCUT2D eigenvalue weighted by molar-refractivity contribution is -0.110. The molecule has 1 aliphatic rings. The molecule has 1 aliphatic heterocycles. The Morgan fingerprint density at radius 2 is 1.62 bits per heavy atom. The van der Waals surface area contributed by atoms with E-state index < -0.39 is 0 Å². The first-order chi connectivity index (χ1) is 14.0. The molecule has 4 heteroatoms. The van der Waals surface area contributed by atoms with E-state index in [0.29, 0.717) is 5.57 Å². The monoisotopic (exact) mass is 383 g/mol. The van der Waals surface area contributed by atoms with Gasteiger partial charge in [-0.2, -0.15) is 0 Å². The summed E-state index contributed by atoms with van der Waals surface area (Å²) < 4.78 is 0. The fourth-order valence-electron chi connectivity index (χ4n) is 3.57. The van der Waals surface area contributed by atoms with Crippen LogP contribution in [0.2, 0.25) is 0 Å². The number of nitrogens with one attached hydrogen (secondary N) is 2. The number of aryl methyl sites for hydroxylation is 1. The Kier molecular flexibility index (Phi) is 5.19. The molecular formula is C25H25N3O. The summed E-state index contributed by atoms with van der Waals surface area (Å²) in [7, 11) is 4.12. The first-order valence-corrected chi connectivity index (χ1v) is 9.74. The van der Waals surface area contributed by atoms with Gasteiger partial charge in [-0.1, -0.05) is 60.2 Å². The summed E-state index contributed by atoms with van der Waals surface area (Å²) in [5, 5.41) is 6.50. The highest BCUT2D eigenvalue weighted by Crippen LogP contribution is 2.37. The molecule has 0 aromatic heterocycles. The van der Waals surface area contributed by atoms with Gasteiger partial charge >= 0.3 is 0 Å². The van der Waals surface area contributed by atoms with Crippen molar-refractivity contribution in [1.29, 1.82) is 0 Å². The summed E-state index contributed by atoms with van der Waals surface area (Å²) in [4.78, 5) is 15.0. The van der Waals surface area contributed by atoms with Gasteiger partial charge in [0.15, 0.2) is 0 Å². The van der Waals surface area contributed by atoms with E-state index in [9.17, 15) is 4.79 Å². The first kappa shape index (κ1) is 19.0. The van der Waals surface area contributed by atoms with E-state index in [1.165, 1.54) is 11.1 Å². The molecule has 1 amide bonds. The molecule has 0 bridgehead atoms. The van der Waals surface area contributed by atoms with Gasteiger partial charge in [0.1, 0.15) is 0 Å². The maximum absolute atomic E-state index is 12.9. The Bertz CT molecular complexity index is 1060. The van der Waals surface area contributed by atoms with Crippen molar-refractivity contribution >= 4 is 28.6 Å². The van der Waals surface area contributed by atoms with Crippen LogP contribution in [0.15, 0.2) is 72.8 Å². The Morgan fingerprint density at radius 1 is 0.931 bits per heavy atom. The molecule has 0 aliphatic carbocycles. The van der Waals surface area contributed by atoms with Gasteiger partial charge in [0, 0.05) is 23.5 Å². The van der Waals surface area contributed by atoms with Gasteiger partial charge in [-0.05, 0) is 50.3 Å². The fourth-order valence-corrected chi connectivity index (χ4v) is 3.57. The Balaban J connectivity index is 1.78. The lowest BCUT2D eigenvalue weighted by atomic mass is 9.99. The molecule has 29 heavy (non-hydrogen) atoms. The minimum absolute atomic E-state index is 0.0847. The molecule has 3 aromatic rings. The van der Waals surface area contributed by atoms with Crippen molar-refractivity contribution in [2.45, 2.75) is 13.5 Å². The summed E-state index contributed by atoms with van der Waals surface area (Å²) >= 11 is 0. The predicted molar refractivity (Wildman–Crippen MR) is 121 cm³/mol. The van der Waals surface area contributed by atoms with E-state index in [4.69, 9.17) is 0 Å². The number of hydrogen-bond donors (Lipinski definition) is 2. The van der Waals surface area contributed by atoms with Crippen LogP contribution in [0, 0.1) is 6.92 Å². The van der Waals surface area contributed by atoms with Gasteiger partial charge in [-0.15, -0.1) is 0 Å². The van der Waals surface area contributed by atoms with Crippen LogP contribution in [0.5, 0.6) is 0 Å². The maximum Gasteiger partial charge on any atom is 0.258 e. The third-order valence-electron chi connectivity index (χ3n) is 4.98. The van der Waals surface area contributed by atoms with Crippen molar-refractivity contribution in [1.82, 2.24) is 4.90 Å². The lowest BCUT2D eigenvalue weighted by Gasteiger charge is -2.16. The topological polar surface area (TPSA) is 44.4 Å². The largest absolute Gasteiger partial charge is 0.354 e. The highest BCUT2D eigenvalue weighted by Gasteiger charge is 2.28. The lowest BCUT2D eigenvalue weighted by Crippen LogP contribution is -2.11. The number of anilines is 2. The van der Waals surface area contributed by atoms with Crippen molar-refractivity contribution < 1.29 is 4.79 Å². The third-order valence-corrected chi connectivity index (χ3v) is 4.98. The van der Waals surface area contributed by atoms with Gasteiger partial charge in [-0.25, -0.2) is 0 Å². The molecule has 0 spiro atoms. The van der Waals surface area contributed by atoms with Gasteiger partial charge in [-0.3, -0.25) is 4.79 Å². The van der Waals surface area contributed by atoms with Crippen LogP contribution in [-0.2, 0) is 11.3 Å². The van der Waals surface area contributed by atoms with Crippen molar-refractivity contribution in [3.05, 3.63) is 95.1 Å². The average molecular weight is 383 g/mol. The Hall–Kier alpha value is -3.37. The standard InChI is InChI=1S/C25H25N3O/c1-17-8-12-19(13-9-17)24(23-21-6-4-5-7-22(21)27-25(23)29)26-20-14-10-18(11-15-20)16-28(2)3/h4-15,26H,16H2,1-3H3,(H,27,29). The number of nitrogens with zero attached hydrogens (tertiary/aromatic N) is 1. The van der Waals surface area contributed by atoms with Crippen molar-refractivity contribution in [2.24, 2.45) is 0 Å². The van der Waals surface area contributed by atoms with Gasteiger partial charge in [0.25, 0.3) is 5.91 Å². The molecule has 3 aromatic carbocycles. The number of amides is 1. The van der Waals surface area contributed by atoms with E-state index in [2.05, 4.69) is 85.1 Å². The number of carbonyl (C=O) groups is 1. The SMILES string of the molecule is Cc1ccc(C(Nc2ccc(CN(C)C)cc2)=C2C(=O)Nc3ccccc32)cc1. The number of para-hydroxylation sites is 1. The Labute approximate surface area is 171 Å². The molecule has 4 rings (SSSR count). The van der Waals surface area contributed by atoms with E-state index in [1.54, 1.807) is 0 Å². The summed E-state index contributed by atoms with van der Waals surface area (Å²) in [6, 6.07) is 24.4.